The summed E-state index contributed by atoms with van der Waals surface area (Å²) in [6, 6.07) is 9.59. The lowest BCUT2D eigenvalue weighted by Crippen LogP contribution is -2.38. The van der Waals surface area contributed by atoms with E-state index in [0.29, 0.717) is 6.04 Å². The van der Waals surface area contributed by atoms with E-state index < -0.39 is 8.07 Å². The number of primary amides is 1. The van der Waals surface area contributed by atoms with Gasteiger partial charge in [0, 0.05) is 18.5 Å². The van der Waals surface area contributed by atoms with E-state index in [1.807, 2.05) is 0 Å². The number of rotatable bonds is 5. The molecule has 0 aliphatic heterocycles. The minimum absolute atomic E-state index is 0.0964. The van der Waals surface area contributed by atoms with Gasteiger partial charge < -0.3 is 11.1 Å². The summed E-state index contributed by atoms with van der Waals surface area (Å²) in [4.78, 5) is 11.2. The second-order valence-electron chi connectivity index (χ2n) is 7.28. The fraction of sp³-hybridized carbons (Fsp3) is 0.588. The molecule has 21 heavy (non-hydrogen) atoms. The summed E-state index contributed by atoms with van der Waals surface area (Å²) >= 11 is 0. The van der Waals surface area contributed by atoms with Gasteiger partial charge in [-0.1, -0.05) is 49.1 Å². The molecule has 1 aromatic rings. The molecule has 1 aliphatic carbocycles. The largest absolute Gasteiger partial charge is 0.369 e. The molecule has 0 heterocycles. The molecule has 1 aromatic carbocycles. The van der Waals surface area contributed by atoms with E-state index in [-0.39, 0.29) is 11.8 Å². The number of hydrogen-bond donors (Lipinski definition) is 2. The lowest BCUT2D eigenvalue weighted by atomic mass is 9.85. The first-order valence-electron chi connectivity index (χ1n) is 7.98. The van der Waals surface area contributed by atoms with E-state index in [9.17, 15) is 4.79 Å². The number of nitrogens with two attached hydrogens (primary N) is 1. The summed E-state index contributed by atoms with van der Waals surface area (Å²) in [7, 11) is -1.19. The van der Waals surface area contributed by atoms with Crippen molar-refractivity contribution in [3.05, 3.63) is 29.8 Å². The number of amides is 1. The zero-order valence-corrected chi connectivity index (χ0v) is 14.5. The first-order chi connectivity index (χ1) is 9.86. The van der Waals surface area contributed by atoms with E-state index in [1.165, 1.54) is 10.8 Å². The Hall–Kier alpha value is -1.13. The standard InChI is InChI=1S/C17H28N2OSi/c1-21(2,3)16-10-4-13(5-11-16)12-19-15-8-6-14(7-9-15)17(18)20/h4-5,10-11,14-15,19H,6-9,12H2,1-3H3,(H2,18,20). The van der Waals surface area contributed by atoms with Gasteiger partial charge in [0.15, 0.2) is 0 Å². The monoisotopic (exact) mass is 304 g/mol. The number of benzene rings is 1. The van der Waals surface area contributed by atoms with Gasteiger partial charge in [0.25, 0.3) is 0 Å². The fourth-order valence-electron chi connectivity index (χ4n) is 2.97. The maximum atomic E-state index is 11.2. The lowest BCUT2D eigenvalue weighted by Gasteiger charge is -2.27. The van der Waals surface area contributed by atoms with Crippen LogP contribution < -0.4 is 16.2 Å². The predicted molar refractivity (Wildman–Crippen MR) is 91.2 cm³/mol. The zero-order chi connectivity index (χ0) is 15.5. The Morgan fingerprint density at radius 2 is 1.71 bits per heavy atom. The topological polar surface area (TPSA) is 55.1 Å². The van der Waals surface area contributed by atoms with E-state index in [0.717, 1.165) is 32.2 Å². The lowest BCUT2D eigenvalue weighted by molar-refractivity contribution is -0.122. The van der Waals surface area contributed by atoms with Crippen LogP contribution in [-0.4, -0.2) is 20.0 Å². The molecule has 1 amide bonds. The summed E-state index contributed by atoms with van der Waals surface area (Å²) in [5, 5.41) is 5.12. The Balaban J connectivity index is 1.80. The van der Waals surface area contributed by atoms with Gasteiger partial charge >= 0.3 is 0 Å². The van der Waals surface area contributed by atoms with Crippen molar-refractivity contribution < 1.29 is 4.79 Å². The fourth-order valence-corrected chi connectivity index (χ4v) is 4.13. The number of hydrogen-bond acceptors (Lipinski definition) is 2. The smallest absolute Gasteiger partial charge is 0.220 e. The second kappa shape index (κ2) is 6.75. The summed E-state index contributed by atoms with van der Waals surface area (Å²) in [6.45, 7) is 8.03. The summed E-state index contributed by atoms with van der Waals surface area (Å²) in [6.07, 6.45) is 3.98. The number of carbonyl (C=O) groups excluding carboxylic acids is 1. The molecule has 3 nitrogen and oxygen atoms in total. The third kappa shape index (κ3) is 4.68. The molecular formula is C17H28N2OSi. The van der Waals surface area contributed by atoms with Crippen LogP contribution in [0.15, 0.2) is 24.3 Å². The molecule has 3 N–H and O–H groups in total. The highest BCUT2D eigenvalue weighted by Gasteiger charge is 2.24. The molecule has 0 radical (unpaired) electrons. The molecule has 2 rings (SSSR count). The van der Waals surface area contributed by atoms with Gasteiger partial charge in [0.1, 0.15) is 0 Å². The van der Waals surface area contributed by atoms with Gasteiger partial charge in [-0.05, 0) is 31.2 Å². The number of nitrogens with one attached hydrogen (secondary N) is 1. The van der Waals surface area contributed by atoms with E-state index >= 15 is 0 Å². The van der Waals surface area contributed by atoms with Gasteiger partial charge in [0.05, 0.1) is 8.07 Å². The van der Waals surface area contributed by atoms with Crippen LogP contribution in [0.3, 0.4) is 0 Å². The average molecular weight is 305 g/mol. The third-order valence-corrected chi connectivity index (χ3v) is 6.61. The van der Waals surface area contributed by atoms with Crippen molar-refractivity contribution in [3.63, 3.8) is 0 Å². The molecule has 0 saturated heterocycles. The van der Waals surface area contributed by atoms with Crippen LogP contribution in [0.2, 0.25) is 19.6 Å². The highest BCUT2D eigenvalue weighted by molar-refractivity contribution is 6.88. The zero-order valence-electron chi connectivity index (χ0n) is 13.5. The van der Waals surface area contributed by atoms with Gasteiger partial charge in [0.2, 0.25) is 5.91 Å². The minimum Gasteiger partial charge on any atom is -0.369 e. The van der Waals surface area contributed by atoms with Crippen LogP contribution in [0.1, 0.15) is 31.2 Å². The predicted octanol–water partition coefficient (Wildman–Crippen LogP) is 2.37. The average Bonchev–Trinajstić information content (AvgIpc) is 2.45. The summed E-state index contributed by atoms with van der Waals surface area (Å²) in [5.41, 5.74) is 6.71. The molecule has 0 bridgehead atoms. The van der Waals surface area contributed by atoms with Crippen molar-refractivity contribution >= 4 is 19.2 Å². The molecule has 0 atom stereocenters. The maximum absolute atomic E-state index is 11.2. The van der Waals surface area contributed by atoms with Crippen molar-refractivity contribution in [2.75, 3.05) is 0 Å². The van der Waals surface area contributed by atoms with Gasteiger partial charge in [-0.25, -0.2) is 0 Å². The van der Waals surface area contributed by atoms with Crippen molar-refractivity contribution in [2.24, 2.45) is 11.7 Å². The summed E-state index contributed by atoms with van der Waals surface area (Å²) in [5.74, 6) is -0.0329. The van der Waals surface area contributed by atoms with Crippen molar-refractivity contribution in [2.45, 2.75) is 57.9 Å². The first-order valence-corrected chi connectivity index (χ1v) is 11.5. The quantitative estimate of drug-likeness (QED) is 0.821. The number of carbonyl (C=O) groups is 1. The molecule has 1 saturated carbocycles. The van der Waals surface area contributed by atoms with Crippen LogP contribution in [-0.2, 0) is 11.3 Å². The highest BCUT2D eigenvalue weighted by Crippen LogP contribution is 2.24. The third-order valence-electron chi connectivity index (χ3n) is 4.54. The van der Waals surface area contributed by atoms with E-state index in [1.54, 1.807) is 0 Å². The Morgan fingerprint density at radius 1 is 1.14 bits per heavy atom. The van der Waals surface area contributed by atoms with Crippen LogP contribution in [0.5, 0.6) is 0 Å². The second-order valence-corrected chi connectivity index (χ2v) is 12.4. The van der Waals surface area contributed by atoms with Crippen molar-refractivity contribution in [1.82, 2.24) is 5.32 Å². The maximum Gasteiger partial charge on any atom is 0.220 e. The Labute approximate surface area is 129 Å². The Kier molecular flexibility index (Phi) is 5.22. The van der Waals surface area contributed by atoms with Crippen LogP contribution in [0.4, 0.5) is 0 Å². The SMILES string of the molecule is C[Si](C)(C)c1ccc(CNC2CCC(C(N)=O)CC2)cc1. The van der Waals surface area contributed by atoms with E-state index in [4.69, 9.17) is 5.73 Å². The highest BCUT2D eigenvalue weighted by atomic mass is 28.3. The summed E-state index contributed by atoms with van der Waals surface area (Å²) < 4.78 is 0. The molecule has 1 aliphatic rings. The van der Waals surface area contributed by atoms with E-state index in [2.05, 4.69) is 49.2 Å². The first kappa shape index (κ1) is 16.2. The molecule has 1 fully saturated rings. The van der Waals surface area contributed by atoms with Crippen molar-refractivity contribution in [1.29, 1.82) is 0 Å². The Bertz CT molecular complexity index is 471. The Morgan fingerprint density at radius 3 is 2.19 bits per heavy atom. The van der Waals surface area contributed by atoms with Gasteiger partial charge in [-0.15, -0.1) is 0 Å². The van der Waals surface area contributed by atoms with Crippen molar-refractivity contribution in [3.8, 4) is 0 Å². The normalized spacial score (nSPS) is 23.0. The minimum atomic E-state index is -1.19. The van der Waals surface area contributed by atoms with Crippen LogP contribution >= 0.6 is 0 Å². The molecule has 116 valence electrons. The van der Waals surface area contributed by atoms with Gasteiger partial charge in [-0.3, -0.25) is 4.79 Å². The van der Waals surface area contributed by atoms with Gasteiger partial charge in [-0.2, -0.15) is 0 Å². The van der Waals surface area contributed by atoms with Crippen LogP contribution in [0.25, 0.3) is 0 Å². The molecule has 0 aromatic heterocycles. The molecule has 0 unspecified atom stereocenters. The molecule has 0 spiro atoms. The molecule has 4 heteroatoms. The van der Waals surface area contributed by atoms with Crippen LogP contribution in [0, 0.1) is 5.92 Å². The molecular weight excluding hydrogens is 276 g/mol.